The highest BCUT2D eigenvalue weighted by atomic mass is 16.2. The van der Waals surface area contributed by atoms with Crippen LogP contribution < -0.4 is 5.32 Å². The van der Waals surface area contributed by atoms with Crippen LogP contribution in [0, 0.1) is 5.92 Å². The van der Waals surface area contributed by atoms with Crippen LogP contribution in [0.2, 0.25) is 0 Å². The number of piperidine rings is 1. The molecule has 2 amide bonds. The number of hydrogen-bond donors (Lipinski definition) is 1. The lowest BCUT2D eigenvalue weighted by Crippen LogP contribution is -2.47. The number of nitrogens with one attached hydrogen (secondary N) is 1. The van der Waals surface area contributed by atoms with Crippen molar-refractivity contribution in [3.8, 4) is 0 Å². The second kappa shape index (κ2) is 6.21. The third-order valence-electron chi connectivity index (χ3n) is 4.20. The van der Waals surface area contributed by atoms with E-state index in [2.05, 4.69) is 5.32 Å². The SMILES string of the molecule is CCC(=O)NC1CCN(C(=O)C2CCCC2)CC1. The molecule has 0 unspecified atom stereocenters. The fourth-order valence-electron chi connectivity index (χ4n) is 3.00. The zero-order valence-corrected chi connectivity index (χ0v) is 11.3. The molecule has 1 heterocycles. The maximum atomic E-state index is 12.2. The highest BCUT2D eigenvalue weighted by molar-refractivity contribution is 5.79. The van der Waals surface area contributed by atoms with Gasteiger partial charge in [-0.1, -0.05) is 19.8 Å². The van der Waals surface area contributed by atoms with E-state index in [1.165, 1.54) is 12.8 Å². The molecule has 2 rings (SSSR count). The van der Waals surface area contributed by atoms with Crippen molar-refractivity contribution >= 4 is 11.8 Å². The molecule has 0 radical (unpaired) electrons. The Bertz CT molecular complexity index is 303. The summed E-state index contributed by atoms with van der Waals surface area (Å²) in [7, 11) is 0. The summed E-state index contributed by atoms with van der Waals surface area (Å²) in [6, 6.07) is 0.269. The maximum absolute atomic E-state index is 12.2. The first-order chi connectivity index (χ1) is 8.70. The third kappa shape index (κ3) is 3.24. The number of amides is 2. The lowest BCUT2D eigenvalue weighted by atomic mass is 10.0. The van der Waals surface area contributed by atoms with Gasteiger partial charge in [-0.05, 0) is 25.7 Å². The van der Waals surface area contributed by atoms with E-state index in [-0.39, 0.29) is 17.9 Å². The molecule has 1 aliphatic heterocycles. The molecule has 102 valence electrons. The molecule has 0 aromatic carbocycles. The Morgan fingerprint density at radius 1 is 1.11 bits per heavy atom. The van der Waals surface area contributed by atoms with Crippen LogP contribution in [0.1, 0.15) is 51.9 Å². The van der Waals surface area contributed by atoms with E-state index in [1.54, 1.807) is 0 Å². The van der Waals surface area contributed by atoms with E-state index in [0.29, 0.717) is 12.3 Å². The Morgan fingerprint density at radius 3 is 2.28 bits per heavy atom. The monoisotopic (exact) mass is 252 g/mol. The van der Waals surface area contributed by atoms with Gasteiger partial charge in [0.1, 0.15) is 0 Å². The van der Waals surface area contributed by atoms with Crippen LogP contribution in [0.25, 0.3) is 0 Å². The van der Waals surface area contributed by atoms with Crippen LogP contribution in [0.4, 0.5) is 0 Å². The average Bonchev–Trinajstić information content (AvgIpc) is 2.92. The minimum Gasteiger partial charge on any atom is -0.353 e. The molecule has 0 atom stereocenters. The van der Waals surface area contributed by atoms with Crippen molar-refractivity contribution in [2.75, 3.05) is 13.1 Å². The predicted octanol–water partition coefficient (Wildman–Crippen LogP) is 1.69. The summed E-state index contributed by atoms with van der Waals surface area (Å²) < 4.78 is 0. The smallest absolute Gasteiger partial charge is 0.225 e. The van der Waals surface area contributed by atoms with Gasteiger partial charge >= 0.3 is 0 Å². The molecule has 2 fully saturated rings. The minimum atomic E-state index is 0.121. The second-order valence-corrected chi connectivity index (χ2v) is 5.50. The standard InChI is InChI=1S/C14H24N2O2/c1-2-13(17)15-12-7-9-16(10-8-12)14(18)11-5-3-4-6-11/h11-12H,2-10H2,1H3,(H,15,17). The molecule has 0 aromatic rings. The summed E-state index contributed by atoms with van der Waals surface area (Å²) in [6.07, 6.45) is 6.92. The van der Waals surface area contributed by atoms with Crippen molar-refractivity contribution in [1.82, 2.24) is 10.2 Å². The number of hydrogen-bond acceptors (Lipinski definition) is 2. The average molecular weight is 252 g/mol. The number of nitrogens with zero attached hydrogens (tertiary/aromatic N) is 1. The summed E-state index contributed by atoms with van der Waals surface area (Å²) in [5.41, 5.74) is 0. The third-order valence-corrected chi connectivity index (χ3v) is 4.20. The largest absolute Gasteiger partial charge is 0.353 e. The summed E-state index contributed by atoms with van der Waals surface area (Å²) in [5.74, 6) is 0.759. The molecular weight excluding hydrogens is 228 g/mol. The topological polar surface area (TPSA) is 49.4 Å². The summed E-state index contributed by atoms with van der Waals surface area (Å²) in [5, 5.41) is 3.02. The van der Waals surface area contributed by atoms with Crippen molar-refractivity contribution in [1.29, 1.82) is 0 Å². The van der Waals surface area contributed by atoms with Gasteiger partial charge in [0.2, 0.25) is 11.8 Å². The molecule has 4 heteroatoms. The number of rotatable bonds is 3. The van der Waals surface area contributed by atoms with Crippen molar-refractivity contribution in [3.63, 3.8) is 0 Å². The van der Waals surface area contributed by atoms with Crippen LogP contribution in [0.15, 0.2) is 0 Å². The lowest BCUT2D eigenvalue weighted by molar-refractivity contribution is -0.136. The molecule has 1 aliphatic carbocycles. The zero-order valence-electron chi connectivity index (χ0n) is 11.3. The zero-order chi connectivity index (χ0) is 13.0. The Kier molecular flexibility index (Phi) is 4.61. The van der Waals surface area contributed by atoms with E-state index in [0.717, 1.165) is 38.8 Å². The van der Waals surface area contributed by atoms with E-state index >= 15 is 0 Å². The van der Waals surface area contributed by atoms with Gasteiger partial charge in [-0.25, -0.2) is 0 Å². The van der Waals surface area contributed by atoms with Crippen LogP contribution in [-0.2, 0) is 9.59 Å². The van der Waals surface area contributed by atoms with Crippen molar-refractivity contribution < 1.29 is 9.59 Å². The van der Waals surface area contributed by atoms with E-state index in [1.807, 2.05) is 11.8 Å². The molecular formula is C14H24N2O2. The molecule has 18 heavy (non-hydrogen) atoms. The Labute approximate surface area is 109 Å². The fourth-order valence-corrected chi connectivity index (χ4v) is 3.00. The normalized spacial score (nSPS) is 22.2. The van der Waals surface area contributed by atoms with Crippen LogP contribution >= 0.6 is 0 Å². The van der Waals surface area contributed by atoms with Gasteiger partial charge in [0.25, 0.3) is 0 Å². The number of carbonyl (C=O) groups excluding carboxylic acids is 2. The van der Waals surface area contributed by atoms with Crippen LogP contribution in [0.3, 0.4) is 0 Å². The van der Waals surface area contributed by atoms with Crippen LogP contribution in [0.5, 0.6) is 0 Å². The molecule has 1 saturated carbocycles. The van der Waals surface area contributed by atoms with Gasteiger partial charge in [-0.15, -0.1) is 0 Å². The highest BCUT2D eigenvalue weighted by Gasteiger charge is 2.30. The second-order valence-electron chi connectivity index (χ2n) is 5.50. The first-order valence-corrected chi connectivity index (χ1v) is 7.29. The van der Waals surface area contributed by atoms with E-state index in [4.69, 9.17) is 0 Å². The molecule has 2 aliphatic rings. The Balaban J connectivity index is 1.75. The van der Waals surface area contributed by atoms with Gasteiger partial charge in [0.05, 0.1) is 0 Å². The Hall–Kier alpha value is -1.06. The number of likely N-dealkylation sites (tertiary alicyclic amines) is 1. The highest BCUT2D eigenvalue weighted by Crippen LogP contribution is 2.27. The lowest BCUT2D eigenvalue weighted by Gasteiger charge is -2.33. The molecule has 1 saturated heterocycles. The molecule has 0 spiro atoms. The van der Waals surface area contributed by atoms with Gasteiger partial charge in [0.15, 0.2) is 0 Å². The first kappa shape index (κ1) is 13.4. The number of carbonyl (C=O) groups is 2. The predicted molar refractivity (Wildman–Crippen MR) is 70.0 cm³/mol. The van der Waals surface area contributed by atoms with Crippen molar-refractivity contribution in [2.45, 2.75) is 57.9 Å². The van der Waals surface area contributed by atoms with Gasteiger partial charge in [-0.3, -0.25) is 9.59 Å². The molecule has 4 nitrogen and oxygen atoms in total. The van der Waals surface area contributed by atoms with Crippen LogP contribution in [-0.4, -0.2) is 35.8 Å². The quantitative estimate of drug-likeness (QED) is 0.831. The van der Waals surface area contributed by atoms with Gasteiger partial charge in [0, 0.05) is 31.5 Å². The molecule has 0 bridgehead atoms. The molecule has 0 aromatic heterocycles. The summed E-state index contributed by atoms with van der Waals surface area (Å²) >= 11 is 0. The summed E-state index contributed by atoms with van der Waals surface area (Å²) in [4.78, 5) is 25.5. The maximum Gasteiger partial charge on any atom is 0.225 e. The van der Waals surface area contributed by atoms with Crippen molar-refractivity contribution in [2.24, 2.45) is 5.92 Å². The van der Waals surface area contributed by atoms with E-state index < -0.39 is 0 Å². The molecule has 1 N–H and O–H groups in total. The minimum absolute atomic E-state index is 0.121. The van der Waals surface area contributed by atoms with E-state index in [9.17, 15) is 9.59 Å². The Morgan fingerprint density at radius 2 is 1.72 bits per heavy atom. The summed E-state index contributed by atoms with van der Waals surface area (Å²) in [6.45, 7) is 3.49. The first-order valence-electron chi connectivity index (χ1n) is 7.29. The van der Waals surface area contributed by atoms with Gasteiger partial charge in [-0.2, -0.15) is 0 Å². The van der Waals surface area contributed by atoms with Gasteiger partial charge < -0.3 is 10.2 Å². The van der Waals surface area contributed by atoms with Crippen molar-refractivity contribution in [3.05, 3.63) is 0 Å². The fraction of sp³-hybridized carbons (Fsp3) is 0.857.